The van der Waals surface area contributed by atoms with Gasteiger partial charge in [0, 0.05) is 11.8 Å². The van der Waals surface area contributed by atoms with Crippen LogP contribution in [0.2, 0.25) is 0 Å². The average molecular weight is 291 g/mol. The number of fused-ring (bicyclic) bond motifs is 1. The molecule has 2 aromatic rings. The molecule has 2 aromatic carbocycles. The fourth-order valence-electron chi connectivity index (χ4n) is 2.27. The molecule has 2 N–H and O–H groups in total. The van der Waals surface area contributed by atoms with E-state index >= 15 is 0 Å². The zero-order valence-corrected chi connectivity index (χ0v) is 12.6. The summed E-state index contributed by atoms with van der Waals surface area (Å²) in [7, 11) is -2.89. The van der Waals surface area contributed by atoms with Gasteiger partial charge in [-0.25, -0.2) is 8.42 Å². The van der Waals surface area contributed by atoms with E-state index < -0.39 is 9.84 Å². The van der Waals surface area contributed by atoms with Crippen LogP contribution in [-0.4, -0.2) is 19.9 Å². The van der Waals surface area contributed by atoms with Gasteiger partial charge in [-0.05, 0) is 35.2 Å². The minimum absolute atomic E-state index is 0.105. The zero-order valence-electron chi connectivity index (χ0n) is 11.7. The van der Waals surface area contributed by atoms with Crippen LogP contribution in [0.15, 0.2) is 42.5 Å². The van der Waals surface area contributed by atoms with Crippen LogP contribution in [0.3, 0.4) is 0 Å². The van der Waals surface area contributed by atoms with Crippen molar-refractivity contribution in [2.24, 2.45) is 5.73 Å². The van der Waals surface area contributed by atoms with E-state index in [0.29, 0.717) is 12.8 Å². The third kappa shape index (κ3) is 3.81. The Bertz CT molecular complexity index is 680. The van der Waals surface area contributed by atoms with Gasteiger partial charge in [0.05, 0.1) is 5.75 Å². The standard InChI is InChI=1S/C16H21NO2S/c1-2-20(18,19)11-5-8-16(17)15-10-9-13-6-3-4-7-14(13)12-15/h3-4,6-7,9-10,12,16H,2,5,8,11,17H2,1H3. The van der Waals surface area contributed by atoms with Gasteiger partial charge in [-0.3, -0.25) is 0 Å². The van der Waals surface area contributed by atoms with Crippen LogP contribution in [0, 0.1) is 0 Å². The fourth-order valence-corrected chi connectivity index (χ4v) is 3.17. The molecule has 20 heavy (non-hydrogen) atoms. The lowest BCUT2D eigenvalue weighted by molar-refractivity contribution is 0.584. The fraction of sp³-hybridized carbons (Fsp3) is 0.375. The van der Waals surface area contributed by atoms with Crippen LogP contribution in [-0.2, 0) is 9.84 Å². The maximum atomic E-state index is 11.5. The minimum atomic E-state index is -2.89. The number of rotatable bonds is 6. The van der Waals surface area contributed by atoms with E-state index in [1.165, 1.54) is 10.8 Å². The first-order chi connectivity index (χ1) is 9.52. The van der Waals surface area contributed by atoms with Crippen LogP contribution in [0.5, 0.6) is 0 Å². The molecule has 0 spiro atoms. The predicted molar refractivity (Wildman–Crippen MR) is 84.4 cm³/mol. The Kier molecular flexibility index (Phi) is 4.78. The van der Waals surface area contributed by atoms with Crippen molar-refractivity contribution in [3.8, 4) is 0 Å². The van der Waals surface area contributed by atoms with Crippen molar-refractivity contribution in [3.63, 3.8) is 0 Å². The molecule has 0 bridgehead atoms. The summed E-state index contributed by atoms with van der Waals surface area (Å²) in [5, 5.41) is 2.36. The number of sulfone groups is 1. The smallest absolute Gasteiger partial charge is 0.150 e. The third-order valence-electron chi connectivity index (χ3n) is 3.61. The lowest BCUT2D eigenvalue weighted by Gasteiger charge is -2.13. The molecule has 0 saturated carbocycles. The Morgan fingerprint density at radius 1 is 1.10 bits per heavy atom. The normalized spacial score (nSPS) is 13.5. The van der Waals surface area contributed by atoms with Gasteiger partial charge in [0.25, 0.3) is 0 Å². The summed E-state index contributed by atoms with van der Waals surface area (Å²) >= 11 is 0. The first-order valence-corrected chi connectivity index (χ1v) is 8.78. The maximum Gasteiger partial charge on any atom is 0.150 e. The van der Waals surface area contributed by atoms with Crippen LogP contribution in [0.1, 0.15) is 31.4 Å². The number of hydrogen-bond acceptors (Lipinski definition) is 3. The molecule has 4 heteroatoms. The summed E-state index contributed by atoms with van der Waals surface area (Å²) in [6, 6.07) is 14.2. The first-order valence-electron chi connectivity index (χ1n) is 6.96. The molecule has 1 atom stereocenters. The zero-order chi connectivity index (χ0) is 14.6. The van der Waals surface area contributed by atoms with Gasteiger partial charge < -0.3 is 5.73 Å². The number of hydrogen-bond donors (Lipinski definition) is 1. The summed E-state index contributed by atoms with van der Waals surface area (Å²) in [4.78, 5) is 0. The van der Waals surface area contributed by atoms with Crippen molar-refractivity contribution in [1.29, 1.82) is 0 Å². The van der Waals surface area contributed by atoms with E-state index in [-0.39, 0.29) is 17.5 Å². The summed E-state index contributed by atoms with van der Waals surface area (Å²) < 4.78 is 22.9. The highest BCUT2D eigenvalue weighted by molar-refractivity contribution is 7.91. The average Bonchev–Trinajstić information content (AvgIpc) is 2.46. The third-order valence-corrected chi connectivity index (χ3v) is 5.40. The van der Waals surface area contributed by atoms with Crippen LogP contribution >= 0.6 is 0 Å². The number of benzene rings is 2. The molecular weight excluding hydrogens is 270 g/mol. The van der Waals surface area contributed by atoms with Crippen molar-refractivity contribution in [3.05, 3.63) is 48.0 Å². The first kappa shape index (κ1) is 15.0. The quantitative estimate of drug-likeness (QED) is 0.890. The van der Waals surface area contributed by atoms with E-state index in [2.05, 4.69) is 24.3 Å². The van der Waals surface area contributed by atoms with Crippen molar-refractivity contribution in [2.45, 2.75) is 25.8 Å². The Hall–Kier alpha value is -1.39. The molecule has 0 aliphatic carbocycles. The Morgan fingerprint density at radius 2 is 1.80 bits per heavy atom. The van der Waals surface area contributed by atoms with Crippen LogP contribution < -0.4 is 5.73 Å². The molecular formula is C16H21NO2S. The van der Waals surface area contributed by atoms with E-state index in [1.807, 2.05) is 18.2 Å². The molecule has 0 aliphatic rings. The Morgan fingerprint density at radius 3 is 2.50 bits per heavy atom. The molecule has 0 aliphatic heterocycles. The summed E-state index contributed by atoms with van der Waals surface area (Å²) in [6.45, 7) is 1.68. The summed E-state index contributed by atoms with van der Waals surface area (Å²) in [5.74, 6) is 0.434. The van der Waals surface area contributed by atoms with Gasteiger partial charge in [-0.2, -0.15) is 0 Å². The van der Waals surface area contributed by atoms with Crippen molar-refractivity contribution in [1.82, 2.24) is 0 Å². The summed E-state index contributed by atoms with van der Waals surface area (Å²) in [5.41, 5.74) is 7.23. The second-order valence-electron chi connectivity index (χ2n) is 5.09. The highest BCUT2D eigenvalue weighted by atomic mass is 32.2. The van der Waals surface area contributed by atoms with Gasteiger partial charge in [0.2, 0.25) is 0 Å². The van der Waals surface area contributed by atoms with E-state index in [0.717, 1.165) is 5.56 Å². The van der Waals surface area contributed by atoms with Gasteiger partial charge >= 0.3 is 0 Å². The van der Waals surface area contributed by atoms with Crippen molar-refractivity contribution >= 4 is 20.6 Å². The van der Waals surface area contributed by atoms with E-state index in [9.17, 15) is 8.42 Å². The molecule has 108 valence electrons. The molecule has 0 aromatic heterocycles. The molecule has 2 rings (SSSR count). The van der Waals surface area contributed by atoms with Crippen molar-refractivity contribution < 1.29 is 8.42 Å². The van der Waals surface area contributed by atoms with Gasteiger partial charge in [-0.1, -0.05) is 43.3 Å². The van der Waals surface area contributed by atoms with E-state index in [4.69, 9.17) is 5.73 Å². The largest absolute Gasteiger partial charge is 0.324 e. The van der Waals surface area contributed by atoms with Crippen LogP contribution in [0.25, 0.3) is 10.8 Å². The highest BCUT2D eigenvalue weighted by Crippen LogP contribution is 2.22. The highest BCUT2D eigenvalue weighted by Gasteiger charge is 2.11. The lowest BCUT2D eigenvalue weighted by atomic mass is 10.00. The summed E-state index contributed by atoms with van der Waals surface area (Å²) in [6.07, 6.45) is 1.31. The monoisotopic (exact) mass is 291 g/mol. The number of nitrogens with two attached hydrogens (primary N) is 1. The van der Waals surface area contributed by atoms with Crippen molar-refractivity contribution in [2.75, 3.05) is 11.5 Å². The topological polar surface area (TPSA) is 60.2 Å². The molecule has 0 amide bonds. The molecule has 0 heterocycles. The molecule has 0 saturated heterocycles. The molecule has 1 unspecified atom stereocenters. The minimum Gasteiger partial charge on any atom is -0.324 e. The van der Waals surface area contributed by atoms with Gasteiger partial charge in [0.15, 0.2) is 0 Å². The Labute approximate surface area is 120 Å². The predicted octanol–water partition coefficient (Wildman–Crippen LogP) is 3.05. The molecule has 0 fully saturated rings. The second-order valence-corrected chi connectivity index (χ2v) is 7.56. The van der Waals surface area contributed by atoms with E-state index in [1.54, 1.807) is 6.92 Å². The second kappa shape index (κ2) is 6.37. The maximum absolute atomic E-state index is 11.5. The van der Waals surface area contributed by atoms with Gasteiger partial charge in [0.1, 0.15) is 9.84 Å². The lowest BCUT2D eigenvalue weighted by Crippen LogP contribution is -2.14. The van der Waals surface area contributed by atoms with Crippen LogP contribution in [0.4, 0.5) is 0 Å². The Balaban J connectivity index is 2.02. The SMILES string of the molecule is CCS(=O)(=O)CCCC(N)c1ccc2ccccc2c1. The molecule has 3 nitrogen and oxygen atoms in total. The van der Waals surface area contributed by atoms with Gasteiger partial charge in [-0.15, -0.1) is 0 Å². The molecule has 0 radical (unpaired) electrons.